The van der Waals surface area contributed by atoms with Gasteiger partial charge in [0, 0.05) is 42.2 Å². The number of amides is 2. The zero-order valence-corrected chi connectivity index (χ0v) is 14.2. The molecular weight excluding hydrogens is 322 g/mol. The summed E-state index contributed by atoms with van der Waals surface area (Å²) in [4.78, 5) is 26.5. The highest BCUT2D eigenvalue weighted by molar-refractivity contribution is 7.08. The molecule has 1 aliphatic heterocycles. The van der Waals surface area contributed by atoms with Crippen LogP contribution in [0.15, 0.2) is 41.1 Å². The standard InChI is InChI=1S/C18H21N3O2S/c19-11-13-1-3-14(4-2-13)18(23)21-8-5-16(6-9-21)20-17(22)15-7-10-24-12-15/h1-4,7,10,12,16H,5-6,8-9,11,19H2,(H,20,22). The molecule has 0 atom stereocenters. The molecule has 24 heavy (non-hydrogen) atoms. The van der Waals surface area contributed by atoms with E-state index in [1.165, 1.54) is 11.3 Å². The largest absolute Gasteiger partial charge is 0.349 e. The summed E-state index contributed by atoms with van der Waals surface area (Å²) in [5.41, 5.74) is 7.99. The Kier molecular flexibility index (Phi) is 5.27. The third-order valence-electron chi connectivity index (χ3n) is 4.34. The molecule has 2 heterocycles. The fourth-order valence-electron chi connectivity index (χ4n) is 2.86. The fourth-order valence-corrected chi connectivity index (χ4v) is 3.49. The average Bonchev–Trinajstić information content (AvgIpc) is 3.17. The number of hydrogen-bond acceptors (Lipinski definition) is 4. The third-order valence-corrected chi connectivity index (χ3v) is 5.02. The van der Waals surface area contributed by atoms with Crippen molar-refractivity contribution in [3.05, 3.63) is 57.8 Å². The van der Waals surface area contributed by atoms with Gasteiger partial charge in [-0.15, -0.1) is 0 Å². The van der Waals surface area contributed by atoms with Crippen LogP contribution < -0.4 is 11.1 Å². The summed E-state index contributed by atoms with van der Waals surface area (Å²) < 4.78 is 0. The maximum atomic E-state index is 12.5. The molecule has 0 unspecified atom stereocenters. The molecule has 3 rings (SSSR count). The van der Waals surface area contributed by atoms with E-state index >= 15 is 0 Å². The lowest BCUT2D eigenvalue weighted by Gasteiger charge is -2.32. The van der Waals surface area contributed by atoms with Crippen LogP contribution >= 0.6 is 11.3 Å². The molecule has 5 nitrogen and oxygen atoms in total. The zero-order valence-electron chi connectivity index (χ0n) is 13.4. The Morgan fingerprint density at radius 3 is 2.42 bits per heavy atom. The monoisotopic (exact) mass is 343 g/mol. The highest BCUT2D eigenvalue weighted by atomic mass is 32.1. The summed E-state index contributed by atoms with van der Waals surface area (Å²) in [6.45, 7) is 1.79. The molecule has 1 aliphatic rings. The van der Waals surface area contributed by atoms with Gasteiger partial charge in [-0.1, -0.05) is 12.1 Å². The van der Waals surface area contributed by atoms with Gasteiger partial charge in [0.15, 0.2) is 0 Å². The van der Waals surface area contributed by atoms with Gasteiger partial charge in [0.25, 0.3) is 11.8 Å². The number of hydrogen-bond donors (Lipinski definition) is 2. The van der Waals surface area contributed by atoms with Gasteiger partial charge in [0.05, 0.1) is 0 Å². The van der Waals surface area contributed by atoms with Gasteiger partial charge in [-0.05, 0) is 42.0 Å². The molecule has 1 saturated heterocycles. The Bertz CT molecular complexity index is 690. The summed E-state index contributed by atoms with van der Waals surface area (Å²) >= 11 is 1.51. The molecule has 0 radical (unpaired) electrons. The fraction of sp³-hybridized carbons (Fsp3) is 0.333. The number of rotatable bonds is 4. The lowest BCUT2D eigenvalue weighted by atomic mass is 10.0. The number of likely N-dealkylation sites (tertiary alicyclic amines) is 1. The molecule has 3 N–H and O–H groups in total. The topological polar surface area (TPSA) is 75.4 Å². The van der Waals surface area contributed by atoms with Crippen LogP contribution in [0.1, 0.15) is 39.1 Å². The SMILES string of the molecule is NCc1ccc(C(=O)N2CCC(NC(=O)c3ccsc3)CC2)cc1. The molecule has 0 aliphatic carbocycles. The predicted molar refractivity (Wildman–Crippen MR) is 95.0 cm³/mol. The van der Waals surface area contributed by atoms with Crippen LogP contribution in [0.5, 0.6) is 0 Å². The zero-order chi connectivity index (χ0) is 16.9. The van der Waals surface area contributed by atoms with Gasteiger partial charge in [-0.25, -0.2) is 0 Å². The summed E-state index contributed by atoms with van der Waals surface area (Å²) in [7, 11) is 0. The van der Waals surface area contributed by atoms with Crippen LogP contribution in [0.4, 0.5) is 0 Å². The second kappa shape index (κ2) is 7.59. The first-order valence-corrected chi connectivity index (χ1v) is 9.03. The molecule has 0 saturated carbocycles. The van der Waals surface area contributed by atoms with Crippen molar-refractivity contribution in [2.75, 3.05) is 13.1 Å². The molecule has 1 aromatic carbocycles. The van der Waals surface area contributed by atoms with Crippen molar-refractivity contribution in [3.8, 4) is 0 Å². The van der Waals surface area contributed by atoms with Crippen LogP contribution in [0.3, 0.4) is 0 Å². The molecule has 6 heteroatoms. The third kappa shape index (κ3) is 3.83. The van der Waals surface area contributed by atoms with E-state index in [0.717, 1.165) is 18.4 Å². The number of nitrogens with zero attached hydrogens (tertiary/aromatic N) is 1. The van der Waals surface area contributed by atoms with E-state index < -0.39 is 0 Å². The van der Waals surface area contributed by atoms with Gasteiger partial charge >= 0.3 is 0 Å². The smallest absolute Gasteiger partial charge is 0.253 e. The van der Waals surface area contributed by atoms with Crippen molar-refractivity contribution < 1.29 is 9.59 Å². The van der Waals surface area contributed by atoms with Crippen molar-refractivity contribution in [3.63, 3.8) is 0 Å². The second-order valence-electron chi connectivity index (χ2n) is 5.95. The van der Waals surface area contributed by atoms with Crippen molar-refractivity contribution in [2.24, 2.45) is 5.73 Å². The lowest BCUT2D eigenvalue weighted by molar-refractivity contribution is 0.0698. The number of thiophene rings is 1. The Labute approximate surface area is 145 Å². The molecule has 1 fully saturated rings. The Morgan fingerprint density at radius 2 is 1.83 bits per heavy atom. The van der Waals surface area contributed by atoms with Crippen molar-refractivity contribution in [2.45, 2.75) is 25.4 Å². The minimum absolute atomic E-state index is 0.0293. The van der Waals surface area contributed by atoms with E-state index in [1.54, 1.807) is 0 Å². The van der Waals surface area contributed by atoms with E-state index in [4.69, 9.17) is 5.73 Å². The molecule has 2 amide bonds. The lowest BCUT2D eigenvalue weighted by Crippen LogP contribution is -2.46. The number of nitrogens with one attached hydrogen (secondary N) is 1. The quantitative estimate of drug-likeness (QED) is 0.894. The van der Waals surface area contributed by atoms with Crippen molar-refractivity contribution >= 4 is 23.2 Å². The van der Waals surface area contributed by atoms with Crippen LogP contribution in [0.2, 0.25) is 0 Å². The normalized spacial score (nSPS) is 15.3. The van der Waals surface area contributed by atoms with Gasteiger partial charge < -0.3 is 16.0 Å². The highest BCUT2D eigenvalue weighted by Gasteiger charge is 2.24. The van der Waals surface area contributed by atoms with Gasteiger partial charge in [0.1, 0.15) is 0 Å². The summed E-state index contributed by atoms with van der Waals surface area (Å²) in [5, 5.41) is 6.79. The Hall–Kier alpha value is -2.18. The van der Waals surface area contributed by atoms with E-state index in [2.05, 4.69) is 5.32 Å². The molecule has 126 valence electrons. The van der Waals surface area contributed by atoms with Gasteiger partial charge in [-0.2, -0.15) is 11.3 Å². The molecule has 2 aromatic rings. The number of carbonyl (C=O) groups is 2. The molecule has 1 aromatic heterocycles. The van der Waals surface area contributed by atoms with Crippen molar-refractivity contribution in [1.29, 1.82) is 0 Å². The van der Waals surface area contributed by atoms with Crippen molar-refractivity contribution in [1.82, 2.24) is 10.2 Å². The second-order valence-corrected chi connectivity index (χ2v) is 6.73. The minimum atomic E-state index is -0.0293. The maximum Gasteiger partial charge on any atom is 0.253 e. The first-order chi connectivity index (χ1) is 11.7. The number of piperidine rings is 1. The van der Waals surface area contributed by atoms with Crippen LogP contribution in [0.25, 0.3) is 0 Å². The predicted octanol–water partition coefficient (Wildman–Crippen LogP) is 2.24. The van der Waals surface area contributed by atoms with Gasteiger partial charge in [0.2, 0.25) is 0 Å². The minimum Gasteiger partial charge on any atom is -0.349 e. The van der Waals surface area contributed by atoms with Gasteiger partial charge in [-0.3, -0.25) is 9.59 Å². The van der Waals surface area contributed by atoms with Crippen LogP contribution in [-0.2, 0) is 6.54 Å². The molecule has 0 bridgehead atoms. The first kappa shape index (κ1) is 16.7. The van der Waals surface area contributed by atoms with E-state index in [1.807, 2.05) is 46.0 Å². The maximum absolute atomic E-state index is 12.5. The van der Waals surface area contributed by atoms with E-state index in [-0.39, 0.29) is 17.9 Å². The van der Waals surface area contributed by atoms with E-state index in [9.17, 15) is 9.59 Å². The number of benzene rings is 1. The van der Waals surface area contributed by atoms with Crippen LogP contribution in [0, 0.1) is 0 Å². The Morgan fingerprint density at radius 1 is 1.12 bits per heavy atom. The average molecular weight is 343 g/mol. The van der Waals surface area contributed by atoms with Crippen LogP contribution in [-0.4, -0.2) is 35.8 Å². The summed E-state index contributed by atoms with van der Waals surface area (Å²) in [5.74, 6) is 0.0135. The number of carbonyl (C=O) groups excluding carboxylic acids is 2. The molecular formula is C18H21N3O2S. The number of nitrogens with two attached hydrogens (primary N) is 1. The molecule has 0 spiro atoms. The van der Waals surface area contributed by atoms with E-state index in [0.29, 0.717) is 30.8 Å². The summed E-state index contributed by atoms with van der Waals surface area (Å²) in [6, 6.07) is 9.39. The Balaban J connectivity index is 1.52. The highest BCUT2D eigenvalue weighted by Crippen LogP contribution is 2.16. The first-order valence-electron chi connectivity index (χ1n) is 8.08. The summed E-state index contributed by atoms with van der Waals surface area (Å²) in [6.07, 6.45) is 1.56.